The van der Waals surface area contributed by atoms with Crippen molar-refractivity contribution >= 4 is 5.97 Å². The van der Waals surface area contributed by atoms with E-state index in [4.69, 9.17) is 15.2 Å². The molecule has 1 atom stereocenters. The summed E-state index contributed by atoms with van der Waals surface area (Å²) in [4.78, 5) is 11.4. The van der Waals surface area contributed by atoms with E-state index in [1.165, 1.54) is 7.11 Å². The van der Waals surface area contributed by atoms with Gasteiger partial charge in [0.1, 0.15) is 17.5 Å². The van der Waals surface area contributed by atoms with Crippen molar-refractivity contribution in [2.45, 2.75) is 19.4 Å². The average molecular weight is 253 g/mol. The Morgan fingerprint density at radius 2 is 1.72 bits per heavy atom. The highest BCUT2D eigenvalue weighted by atomic mass is 16.5. The molecule has 5 heteroatoms. The summed E-state index contributed by atoms with van der Waals surface area (Å²) in [5.41, 5.74) is 7.54. The average Bonchev–Trinajstić information content (AvgIpc) is 2.38. The Balaban J connectivity index is 3.09. The van der Waals surface area contributed by atoms with E-state index >= 15 is 0 Å². The molecular weight excluding hydrogens is 234 g/mol. The second kappa shape index (κ2) is 6.26. The molecule has 0 amide bonds. The van der Waals surface area contributed by atoms with Crippen LogP contribution in [-0.4, -0.2) is 33.3 Å². The number of methoxy groups -OCH3 is 3. The van der Waals surface area contributed by atoms with Crippen LogP contribution < -0.4 is 15.2 Å². The quantitative estimate of drug-likeness (QED) is 0.794. The lowest BCUT2D eigenvalue weighted by atomic mass is 10.0. The predicted molar refractivity (Wildman–Crippen MR) is 68.0 cm³/mol. The molecule has 1 rings (SSSR count). The summed E-state index contributed by atoms with van der Waals surface area (Å²) in [6, 6.07) is 3.02. The molecule has 0 bridgehead atoms. The first kappa shape index (κ1) is 14.3. The van der Waals surface area contributed by atoms with Gasteiger partial charge in [0.05, 0.1) is 21.3 Å². The number of hydrogen-bond acceptors (Lipinski definition) is 5. The molecule has 0 aliphatic carbocycles. The number of carbonyl (C=O) groups excluding carboxylic acids is 1. The Bertz CT molecular complexity index is 406. The van der Waals surface area contributed by atoms with E-state index in [1.54, 1.807) is 14.2 Å². The van der Waals surface area contributed by atoms with Crippen molar-refractivity contribution in [3.63, 3.8) is 0 Å². The zero-order chi connectivity index (χ0) is 13.7. The first-order chi connectivity index (χ1) is 8.53. The number of carbonyl (C=O) groups is 1. The van der Waals surface area contributed by atoms with Crippen LogP contribution in [0.15, 0.2) is 12.1 Å². The minimum absolute atomic E-state index is 0.305. The first-order valence-electron chi connectivity index (χ1n) is 5.58. The van der Waals surface area contributed by atoms with Crippen LogP contribution in [0, 0.1) is 6.92 Å². The first-order valence-corrected chi connectivity index (χ1v) is 5.58. The molecule has 0 saturated heterocycles. The van der Waals surface area contributed by atoms with Crippen LogP contribution in [-0.2, 0) is 16.0 Å². The largest absolute Gasteiger partial charge is 0.496 e. The molecule has 0 aromatic heterocycles. The highest BCUT2D eigenvalue weighted by molar-refractivity contribution is 5.76. The Hall–Kier alpha value is -1.75. The Kier molecular flexibility index (Phi) is 4.97. The van der Waals surface area contributed by atoms with Gasteiger partial charge in [-0.1, -0.05) is 0 Å². The van der Waals surface area contributed by atoms with E-state index in [1.807, 2.05) is 19.1 Å². The lowest BCUT2D eigenvalue weighted by Gasteiger charge is -2.16. The molecule has 1 aromatic carbocycles. The maximum Gasteiger partial charge on any atom is 0.322 e. The zero-order valence-corrected chi connectivity index (χ0v) is 11.1. The van der Waals surface area contributed by atoms with Gasteiger partial charge in [-0.25, -0.2) is 0 Å². The summed E-state index contributed by atoms with van der Waals surface area (Å²) in [5.74, 6) is 0.858. The molecule has 0 aliphatic rings. The number of hydrogen-bond donors (Lipinski definition) is 1. The number of aryl methyl sites for hydroxylation is 1. The van der Waals surface area contributed by atoms with Crippen molar-refractivity contribution in [1.82, 2.24) is 0 Å². The van der Waals surface area contributed by atoms with E-state index < -0.39 is 12.0 Å². The fraction of sp³-hybridized carbons (Fsp3) is 0.462. The van der Waals surface area contributed by atoms with Gasteiger partial charge in [0.15, 0.2) is 0 Å². The summed E-state index contributed by atoms with van der Waals surface area (Å²) >= 11 is 0. The number of esters is 1. The SMILES string of the molecule is COC(=O)C(N)Cc1c(OC)cc(C)cc1OC. The number of benzene rings is 1. The molecule has 0 fully saturated rings. The van der Waals surface area contributed by atoms with Crippen molar-refractivity contribution in [3.8, 4) is 11.5 Å². The van der Waals surface area contributed by atoms with Crippen LogP contribution in [0.1, 0.15) is 11.1 Å². The Labute approximate surface area is 107 Å². The Morgan fingerprint density at radius 3 is 2.11 bits per heavy atom. The van der Waals surface area contributed by atoms with Gasteiger partial charge in [-0.15, -0.1) is 0 Å². The highest BCUT2D eigenvalue weighted by Crippen LogP contribution is 2.31. The number of rotatable bonds is 5. The van der Waals surface area contributed by atoms with Crippen molar-refractivity contribution < 1.29 is 19.0 Å². The maximum absolute atomic E-state index is 11.4. The van der Waals surface area contributed by atoms with E-state index in [0.29, 0.717) is 17.9 Å². The van der Waals surface area contributed by atoms with Crippen LogP contribution in [0.25, 0.3) is 0 Å². The molecule has 1 aromatic rings. The van der Waals surface area contributed by atoms with Gasteiger partial charge in [0.25, 0.3) is 0 Å². The Morgan fingerprint density at radius 1 is 1.22 bits per heavy atom. The standard InChI is InChI=1S/C13H19NO4/c1-8-5-11(16-2)9(12(6-8)17-3)7-10(14)13(15)18-4/h5-6,10H,7,14H2,1-4H3. The van der Waals surface area contributed by atoms with Crippen LogP contribution in [0.4, 0.5) is 0 Å². The molecule has 0 heterocycles. The van der Waals surface area contributed by atoms with Gasteiger partial charge in [-0.2, -0.15) is 0 Å². The third kappa shape index (κ3) is 3.13. The summed E-state index contributed by atoms with van der Waals surface area (Å²) in [7, 11) is 4.45. The second-order valence-electron chi connectivity index (χ2n) is 3.98. The normalized spacial score (nSPS) is 11.8. The summed E-state index contributed by atoms with van der Waals surface area (Å²) in [6.07, 6.45) is 0.305. The summed E-state index contributed by atoms with van der Waals surface area (Å²) in [6.45, 7) is 1.94. The minimum Gasteiger partial charge on any atom is -0.496 e. The molecule has 5 nitrogen and oxygen atoms in total. The van der Waals surface area contributed by atoms with E-state index in [2.05, 4.69) is 4.74 Å². The second-order valence-corrected chi connectivity index (χ2v) is 3.98. The number of ether oxygens (including phenoxy) is 3. The van der Waals surface area contributed by atoms with Gasteiger partial charge < -0.3 is 19.9 Å². The minimum atomic E-state index is -0.736. The van der Waals surface area contributed by atoms with Crippen molar-refractivity contribution in [2.75, 3.05) is 21.3 Å². The smallest absolute Gasteiger partial charge is 0.322 e. The van der Waals surface area contributed by atoms with Gasteiger partial charge in [0.2, 0.25) is 0 Å². The lowest BCUT2D eigenvalue weighted by Crippen LogP contribution is -2.33. The maximum atomic E-state index is 11.4. The molecule has 0 aliphatic heterocycles. The topological polar surface area (TPSA) is 70.8 Å². The van der Waals surface area contributed by atoms with Crippen LogP contribution in [0.5, 0.6) is 11.5 Å². The highest BCUT2D eigenvalue weighted by Gasteiger charge is 2.20. The van der Waals surface area contributed by atoms with E-state index in [9.17, 15) is 4.79 Å². The summed E-state index contributed by atoms with van der Waals surface area (Å²) < 4.78 is 15.2. The number of nitrogens with two attached hydrogens (primary N) is 1. The third-order valence-electron chi connectivity index (χ3n) is 2.68. The molecule has 18 heavy (non-hydrogen) atoms. The van der Waals surface area contributed by atoms with Gasteiger partial charge in [-0.05, 0) is 24.6 Å². The van der Waals surface area contributed by atoms with Crippen molar-refractivity contribution in [3.05, 3.63) is 23.3 Å². The van der Waals surface area contributed by atoms with Crippen LogP contribution >= 0.6 is 0 Å². The molecule has 1 unspecified atom stereocenters. The fourth-order valence-corrected chi connectivity index (χ4v) is 1.77. The van der Waals surface area contributed by atoms with Crippen molar-refractivity contribution in [1.29, 1.82) is 0 Å². The molecule has 0 spiro atoms. The molecule has 100 valence electrons. The molecule has 0 radical (unpaired) electrons. The lowest BCUT2D eigenvalue weighted by molar-refractivity contribution is -0.142. The molecule has 2 N–H and O–H groups in total. The monoisotopic (exact) mass is 253 g/mol. The summed E-state index contributed by atoms with van der Waals surface area (Å²) in [5, 5.41) is 0. The van der Waals surface area contributed by atoms with Gasteiger partial charge >= 0.3 is 5.97 Å². The third-order valence-corrected chi connectivity index (χ3v) is 2.68. The van der Waals surface area contributed by atoms with E-state index in [-0.39, 0.29) is 0 Å². The molecular formula is C13H19NO4. The van der Waals surface area contributed by atoms with E-state index in [0.717, 1.165) is 11.1 Å². The van der Waals surface area contributed by atoms with Crippen LogP contribution in [0.2, 0.25) is 0 Å². The predicted octanol–water partition coefficient (Wildman–Crippen LogP) is 1.06. The molecule has 0 saturated carbocycles. The van der Waals surface area contributed by atoms with Gasteiger partial charge in [0, 0.05) is 12.0 Å². The van der Waals surface area contributed by atoms with Crippen molar-refractivity contribution in [2.24, 2.45) is 5.73 Å². The van der Waals surface area contributed by atoms with Gasteiger partial charge in [-0.3, -0.25) is 4.79 Å². The zero-order valence-electron chi connectivity index (χ0n) is 11.1. The fourth-order valence-electron chi connectivity index (χ4n) is 1.77. The van der Waals surface area contributed by atoms with Crippen LogP contribution in [0.3, 0.4) is 0 Å².